The Bertz CT molecular complexity index is 78.0. The van der Waals surface area contributed by atoms with Gasteiger partial charge in [0.25, 0.3) is 0 Å². The molecule has 1 saturated carbocycles. The predicted molar refractivity (Wildman–Crippen MR) is 57.4 cm³/mol. The van der Waals surface area contributed by atoms with Gasteiger partial charge in [0.05, 0.1) is 0 Å². The van der Waals surface area contributed by atoms with Gasteiger partial charge in [-0.2, -0.15) is 0 Å². The summed E-state index contributed by atoms with van der Waals surface area (Å²) in [7, 11) is 0. The highest BCUT2D eigenvalue weighted by Crippen LogP contribution is 2.22. The molecule has 0 saturated heterocycles. The lowest BCUT2D eigenvalue weighted by atomic mass is 9.91. The summed E-state index contributed by atoms with van der Waals surface area (Å²) < 4.78 is 0. The average Bonchev–Trinajstić information content (AvgIpc) is 2.07. The lowest BCUT2D eigenvalue weighted by molar-refractivity contribution is 0.385. The van der Waals surface area contributed by atoms with Crippen molar-refractivity contribution in [3.63, 3.8) is 0 Å². The topological polar surface area (TPSA) is 0 Å². The second-order valence-electron chi connectivity index (χ2n) is 4.55. The molecule has 0 heterocycles. The first-order chi connectivity index (χ1) is 5.66. The summed E-state index contributed by atoms with van der Waals surface area (Å²) >= 11 is 0. The van der Waals surface area contributed by atoms with Gasteiger partial charge >= 0.3 is 0 Å². The van der Waals surface area contributed by atoms with Crippen molar-refractivity contribution in [3.05, 3.63) is 0 Å². The molecule has 0 radical (unpaired) electrons. The summed E-state index contributed by atoms with van der Waals surface area (Å²) in [6.45, 7) is 9.00. The molecule has 0 N–H and O–H groups in total. The summed E-state index contributed by atoms with van der Waals surface area (Å²) in [6.07, 6.45) is 8.74. The van der Waals surface area contributed by atoms with Gasteiger partial charge in [-0.25, -0.2) is 0 Å². The van der Waals surface area contributed by atoms with E-state index >= 15 is 0 Å². The molecule has 0 heteroatoms. The molecule has 0 unspecified atom stereocenters. The minimum Gasteiger partial charge on any atom is -0.0651 e. The first kappa shape index (κ1) is 12.0. The maximum absolute atomic E-state index is 2.36. The molecule has 0 aromatic heterocycles. The van der Waals surface area contributed by atoms with Crippen LogP contribution in [0.5, 0.6) is 0 Å². The molecule has 0 aliphatic heterocycles. The van der Waals surface area contributed by atoms with Gasteiger partial charge in [-0.3, -0.25) is 0 Å². The molecule has 0 nitrogen and oxygen atoms in total. The zero-order chi connectivity index (χ0) is 9.40. The van der Waals surface area contributed by atoms with Crippen LogP contribution in [0.1, 0.15) is 66.2 Å². The molecular weight excluding hydrogens is 144 g/mol. The van der Waals surface area contributed by atoms with Gasteiger partial charge in [0.15, 0.2) is 0 Å². The van der Waals surface area contributed by atoms with Crippen LogP contribution in [-0.4, -0.2) is 0 Å². The van der Waals surface area contributed by atoms with Crippen LogP contribution in [0.2, 0.25) is 0 Å². The van der Waals surface area contributed by atoms with E-state index in [0.717, 1.165) is 11.8 Å². The lowest BCUT2D eigenvalue weighted by Gasteiger charge is -2.15. The van der Waals surface area contributed by atoms with Crippen LogP contribution in [-0.2, 0) is 0 Å². The van der Waals surface area contributed by atoms with Crippen molar-refractivity contribution < 1.29 is 0 Å². The molecule has 0 aromatic carbocycles. The third-order valence-electron chi connectivity index (χ3n) is 2.71. The molecule has 0 amide bonds. The Labute approximate surface area is 78.8 Å². The fourth-order valence-corrected chi connectivity index (χ4v) is 1.31. The van der Waals surface area contributed by atoms with E-state index in [1.807, 2.05) is 0 Å². The van der Waals surface area contributed by atoms with Crippen LogP contribution in [0, 0.1) is 11.8 Å². The monoisotopic (exact) mass is 170 g/mol. The van der Waals surface area contributed by atoms with E-state index in [-0.39, 0.29) is 0 Å². The van der Waals surface area contributed by atoms with Gasteiger partial charge in [-0.1, -0.05) is 66.2 Å². The summed E-state index contributed by atoms with van der Waals surface area (Å²) in [5.74, 6) is 1.92. The van der Waals surface area contributed by atoms with Crippen LogP contribution in [0.3, 0.4) is 0 Å². The van der Waals surface area contributed by atoms with E-state index in [9.17, 15) is 0 Å². The summed E-state index contributed by atoms with van der Waals surface area (Å²) in [5, 5.41) is 0. The highest BCUT2D eigenvalue weighted by molar-refractivity contribution is 4.59. The Balaban J connectivity index is 0.000000217. The van der Waals surface area contributed by atoms with E-state index in [1.165, 1.54) is 38.5 Å². The van der Waals surface area contributed by atoms with Crippen molar-refractivity contribution >= 4 is 0 Å². The third kappa shape index (κ3) is 8.10. The largest absolute Gasteiger partial charge is 0.0651 e. The van der Waals surface area contributed by atoms with E-state index in [4.69, 9.17) is 0 Å². The van der Waals surface area contributed by atoms with Gasteiger partial charge in [0, 0.05) is 0 Å². The van der Waals surface area contributed by atoms with Gasteiger partial charge in [-0.05, 0) is 11.8 Å². The SMILES string of the molecule is CC1CCCCC1.CCC(C)C. The standard InChI is InChI=1S/C7H14.C5H12/c1-7-5-3-2-4-6-7;1-4-5(2)3/h7H,2-6H2,1H3;5H,4H2,1-3H3. The third-order valence-corrected chi connectivity index (χ3v) is 2.71. The minimum absolute atomic E-state index is 0.884. The molecule has 1 aliphatic carbocycles. The van der Waals surface area contributed by atoms with Gasteiger partial charge in [0.1, 0.15) is 0 Å². The van der Waals surface area contributed by atoms with Crippen molar-refractivity contribution in [3.8, 4) is 0 Å². The van der Waals surface area contributed by atoms with Gasteiger partial charge < -0.3 is 0 Å². The Hall–Kier alpha value is 0. The fourth-order valence-electron chi connectivity index (χ4n) is 1.31. The molecule has 1 fully saturated rings. The normalized spacial score (nSPS) is 18.8. The highest BCUT2D eigenvalue weighted by Gasteiger charge is 2.05. The van der Waals surface area contributed by atoms with E-state index in [0.29, 0.717) is 0 Å². The molecule has 0 bridgehead atoms. The fraction of sp³-hybridized carbons (Fsp3) is 1.00. The first-order valence-corrected chi connectivity index (χ1v) is 5.66. The van der Waals surface area contributed by atoms with Crippen LogP contribution in [0.4, 0.5) is 0 Å². The molecule has 0 atom stereocenters. The molecule has 1 aliphatic rings. The van der Waals surface area contributed by atoms with Crippen LogP contribution < -0.4 is 0 Å². The predicted octanol–water partition coefficient (Wildman–Crippen LogP) is 4.64. The second-order valence-corrected chi connectivity index (χ2v) is 4.55. The van der Waals surface area contributed by atoms with Crippen LogP contribution in [0.15, 0.2) is 0 Å². The maximum atomic E-state index is 2.36. The summed E-state index contributed by atoms with van der Waals surface area (Å²) in [6, 6.07) is 0. The number of hydrogen-bond acceptors (Lipinski definition) is 0. The van der Waals surface area contributed by atoms with Crippen molar-refractivity contribution in [2.24, 2.45) is 11.8 Å². The van der Waals surface area contributed by atoms with Crippen LogP contribution in [0.25, 0.3) is 0 Å². The van der Waals surface area contributed by atoms with Gasteiger partial charge in [-0.15, -0.1) is 0 Å². The van der Waals surface area contributed by atoms with Crippen molar-refractivity contribution in [1.82, 2.24) is 0 Å². The Morgan fingerprint density at radius 1 is 1.08 bits per heavy atom. The highest BCUT2D eigenvalue weighted by atomic mass is 14.1. The molecular formula is C12H26. The number of rotatable bonds is 1. The summed E-state index contributed by atoms with van der Waals surface area (Å²) in [4.78, 5) is 0. The quantitative estimate of drug-likeness (QED) is 0.538. The molecule has 74 valence electrons. The zero-order valence-electron chi connectivity index (χ0n) is 9.40. The molecule has 0 spiro atoms. The molecule has 12 heavy (non-hydrogen) atoms. The van der Waals surface area contributed by atoms with Crippen LogP contribution >= 0.6 is 0 Å². The first-order valence-electron chi connectivity index (χ1n) is 5.66. The van der Waals surface area contributed by atoms with Crippen molar-refractivity contribution in [2.75, 3.05) is 0 Å². The van der Waals surface area contributed by atoms with E-state index < -0.39 is 0 Å². The van der Waals surface area contributed by atoms with Gasteiger partial charge in [0.2, 0.25) is 0 Å². The zero-order valence-corrected chi connectivity index (χ0v) is 9.40. The van der Waals surface area contributed by atoms with Crippen molar-refractivity contribution in [2.45, 2.75) is 66.2 Å². The smallest absolute Gasteiger partial charge is 0.0443 e. The van der Waals surface area contributed by atoms with E-state index in [2.05, 4.69) is 27.7 Å². The molecule has 1 rings (SSSR count). The maximum Gasteiger partial charge on any atom is -0.0443 e. The summed E-state index contributed by atoms with van der Waals surface area (Å²) in [5.41, 5.74) is 0. The Kier molecular flexibility index (Phi) is 7.64. The van der Waals surface area contributed by atoms with E-state index in [1.54, 1.807) is 0 Å². The van der Waals surface area contributed by atoms with Crippen molar-refractivity contribution in [1.29, 1.82) is 0 Å². The Morgan fingerprint density at radius 3 is 1.67 bits per heavy atom. The lowest BCUT2D eigenvalue weighted by Crippen LogP contribution is -1.99. The minimum atomic E-state index is 0.884. The Morgan fingerprint density at radius 2 is 1.50 bits per heavy atom. The second kappa shape index (κ2) is 7.64. The molecule has 0 aromatic rings. The number of hydrogen-bond donors (Lipinski definition) is 0. The average molecular weight is 170 g/mol.